The van der Waals surface area contributed by atoms with Crippen molar-refractivity contribution in [1.82, 2.24) is 10.2 Å². The van der Waals surface area contributed by atoms with Crippen LogP contribution in [0.15, 0.2) is 24.3 Å². The van der Waals surface area contributed by atoms with E-state index in [0.717, 1.165) is 34.4 Å². The summed E-state index contributed by atoms with van der Waals surface area (Å²) in [6.07, 6.45) is 1.07. The molecule has 0 unspecified atom stereocenters. The van der Waals surface area contributed by atoms with Crippen LogP contribution >= 0.6 is 11.3 Å². The summed E-state index contributed by atoms with van der Waals surface area (Å²) in [5, 5.41) is 13.2. The molecule has 1 aromatic heterocycles. The van der Waals surface area contributed by atoms with Gasteiger partial charge < -0.3 is 10.1 Å². The van der Waals surface area contributed by atoms with Gasteiger partial charge in [-0.15, -0.1) is 10.2 Å². The topological polar surface area (TPSA) is 47.0 Å². The van der Waals surface area contributed by atoms with Gasteiger partial charge in [0.1, 0.15) is 5.75 Å². The lowest BCUT2D eigenvalue weighted by atomic mass is 10.2. The van der Waals surface area contributed by atoms with Gasteiger partial charge in [0, 0.05) is 6.54 Å². The summed E-state index contributed by atoms with van der Waals surface area (Å²) in [5.41, 5.74) is 0.983. The van der Waals surface area contributed by atoms with Crippen LogP contribution in [0.2, 0.25) is 0 Å². The molecule has 5 heteroatoms. The van der Waals surface area contributed by atoms with E-state index in [2.05, 4.69) is 22.4 Å². The number of rotatable bonds is 5. The second kappa shape index (κ2) is 5.63. The third kappa shape index (κ3) is 2.74. The van der Waals surface area contributed by atoms with Gasteiger partial charge in [0.05, 0.1) is 12.7 Å². The van der Waals surface area contributed by atoms with Crippen LogP contribution in [0, 0.1) is 0 Å². The average Bonchev–Trinajstić information content (AvgIpc) is 2.85. The molecule has 0 saturated heterocycles. The van der Waals surface area contributed by atoms with Gasteiger partial charge in [-0.25, -0.2) is 0 Å². The SMILES string of the molecule is CCCNc1nnc(-c2ccccc2OC)s1. The molecule has 0 saturated carbocycles. The number of hydrogen-bond donors (Lipinski definition) is 1. The number of nitrogens with zero attached hydrogens (tertiary/aromatic N) is 2. The Balaban J connectivity index is 2.24. The average molecular weight is 249 g/mol. The van der Waals surface area contributed by atoms with Crippen LogP contribution in [0.1, 0.15) is 13.3 Å². The van der Waals surface area contributed by atoms with E-state index in [1.165, 1.54) is 0 Å². The minimum absolute atomic E-state index is 0.825. The predicted octanol–water partition coefficient (Wildman–Crippen LogP) is 3.04. The maximum Gasteiger partial charge on any atom is 0.206 e. The molecule has 0 aliphatic rings. The van der Waals surface area contributed by atoms with E-state index in [4.69, 9.17) is 4.74 Å². The van der Waals surface area contributed by atoms with Gasteiger partial charge in [0.15, 0.2) is 5.01 Å². The van der Waals surface area contributed by atoms with E-state index in [9.17, 15) is 0 Å². The highest BCUT2D eigenvalue weighted by atomic mass is 32.1. The van der Waals surface area contributed by atoms with Crippen LogP contribution in [0.3, 0.4) is 0 Å². The largest absolute Gasteiger partial charge is 0.496 e. The van der Waals surface area contributed by atoms with E-state index < -0.39 is 0 Å². The van der Waals surface area contributed by atoms with Crippen LogP contribution < -0.4 is 10.1 Å². The molecule has 0 aliphatic heterocycles. The summed E-state index contributed by atoms with van der Waals surface area (Å²) < 4.78 is 5.31. The molecule has 1 N–H and O–H groups in total. The highest BCUT2D eigenvalue weighted by Gasteiger charge is 2.10. The van der Waals surface area contributed by atoms with E-state index in [0.29, 0.717) is 0 Å². The molecule has 4 nitrogen and oxygen atoms in total. The zero-order valence-corrected chi connectivity index (χ0v) is 10.8. The predicted molar refractivity (Wildman–Crippen MR) is 70.7 cm³/mol. The fourth-order valence-corrected chi connectivity index (χ4v) is 2.26. The third-order valence-electron chi connectivity index (χ3n) is 2.29. The summed E-state index contributed by atoms with van der Waals surface area (Å²) in [4.78, 5) is 0. The van der Waals surface area contributed by atoms with Gasteiger partial charge in [-0.2, -0.15) is 0 Å². The fourth-order valence-electron chi connectivity index (χ4n) is 1.46. The van der Waals surface area contributed by atoms with E-state index in [-0.39, 0.29) is 0 Å². The molecule has 17 heavy (non-hydrogen) atoms. The Morgan fingerprint density at radius 3 is 2.88 bits per heavy atom. The molecule has 0 atom stereocenters. The molecule has 1 heterocycles. The number of benzene rings is 1. The van der Waals surface area contributed by atoms with Crippen LogP contribution in [-0.4, -0.2) is 23.9 Å². The number of para-hydroxylation sites is 1. The molecular formula is C12H15N3OS. The Morgan fingerprint density at radius 2 is 2.12 bits per heavy atom. The lowest BCUT2D eigenvalue weighted by Crippen LogP contribution is -1.98. The van der Waals surface area contributed by atoms with E-state index >= 15 is 0 Å². The summed E-state index contributed by atoms with van der Waals surface area (Å²) in [7, 11) is 1.66. The first-order chi connectivity index (χ1) is 8.35. The molecule has 0 radical (unpaired) electrons. The summed E-state index contributed by atoms with van der Waals surface area (Å²) in [5.74, 6) is 0.825. The first-order valence-electron chi connectivity index (χ1n) is 5.56. The lowest BCUT2D eigenvalue weighted by molar-refractivity contribution is 0.416. The Hall–Kier alpha value is -1.62. The van der Waals surface area contributed by atoms with Crippen LogP contribution in [0.4, 0.5) is 5.13 Å². The normalized spacial score (nSPS) is 10.2. The Morgan fingerprint density at radius 1 is 1.29 bits per heavy atom. The number of nitrogens with one attached hydrogen (secondary N) is 1. The third-order valence-corrected chi connectivity index (χ3v) is 3.20. The zero-order valence-electron chi connectivity index (χ0n) is 9.93. The highest BCUT2D eigenvalue weighted by Crippen LogP contribution is 2.33. The van der Waals surface area contributed by atoms with Crippen molar-refractivity contribution in [3.63, 3.8) is 0 Å². The molecule has 0 spiro atoms. The van der Waals surface area contributed by atoms with Gasteiger partial charge in [-0.05, 0) is 18.6 Å². The first kappa shape index (κ1) is 11.9. The second-order valence-corrected chi connectivity index (χ2v) is 4.52. The summed E-state index contributed by atoms with van der Waals surface area (Å²) in [6.45, 7) is 3.04. The number of aromatic nitrogens is 2. The number of methoxy groups -OCH3 is 1. The number of hydrogen-bond acceptors (Lipinski definition) is 5. The standard InChI is InChI=1S/C12H15N3OS/c1-3-8-13-12-15-14-11(17-12)9-6-4-5-7-10(9)16-2/h4-7H,3,8H2,1-2H3,(H,13,15). The van der Waals surface area contributed by atoms with Crippen molar-refractivity contribution >= 4 is 16.5 Å². The maximum atomic E-state index is 5.31. The van der Waals surface area contributed by atoms with Crippen molar-refractivity contribution in [1.29, 1.82) is 0 Å². The summed E-state index contributed by atoms with van der Waals surface area (Å²) in [6, 6.07) is 7.83. The minimum Gasteiger partial charge on any atom is -0.496 e. The number of anilines is 1. The smallest absolute Gasteiger partial charge is 0.206 e. The van der Waals surface area contributed by atoms with Gasteiger partial charge in [0.25, 0.3) is 0 Å². The van der Waals surface area contributed by atoms with E-state index in [1.54, 1.807) is 18.4 Å². The van der Waals surface area contributed by atoms with Crippen LogP contribution in [-0.2, 0) is 0 Å². The van der Waals surface area contributed by atoms with Crippen molar-refractivity contribution in [3.05, 3.63) is 24.3 Å². The molecule has 0 bridgehead atoms. The van der Waals surface area contributed by atoms with Crippen molar-refractivity contribution < 1.29 is 4.74 Å². The maximum absolute atomic E-state index is 5.31. The van der Waals surface area contributed by atoms with Gasteiger partial charge in [-0.1, -0.05) is 30.4 Å². The summed E-state index contributed by atoms with van der Waals surface area (Å²) >= 11 is 1.54. The van der Waals surface area contributed by atoms with Crippen molar-refractivity contribution in [2.24, 2.45) is 0 Å². The zero-order chi connectivity index (χ0) is 12.1. The van der Waals surface area contributed by atoms with Crippen LogP contribution in [0.5, 0.6) is 5.75 Å². The van der Waals surface area contributed by atoms with Gasteiger partial charge in [-0.3, -0.25) is 0 Å². The van der Waals surface area contributed by atoms with Crippen LogP contribution in [0.25, 0.3) is 10.6 Å². The second-order valence-electron chi connectivity index (χ2n) is 3.54. The fraction of sp³-hybridized carbons (Fsp3) is 0.333. The molecule has 0 aliphatic carbocycles. The first-order valence-corrected chi connectivity index (χ1v) is 6.37. The minimum atomic E-state index is 0.825. The Labute approximate surface area is 105 Å². The molecule has 2 rings (SSSR count). The van der Waals surface area contributed by atoms with Gasteiger partial charge >= 0.3 is 0 Å². The molecule has 90 valence electrons. The molecule has 1 aromatic carbocycles. The number of ether oxygens (including phenoxy) is 1. The Kier molecular flexibility index (Phi) is 3.93. The quantitative estimate of drug-likeness (QED) is 0.884. The van der Waals surface area contributed by atoms with Crippen molar-refractivity contribution in [3.8, 4) is 16.3 Å². The van der Waals surface area contributed by atoms with Crippen molar-refractivity contribution in [2.75, 3.05) is 19.0 Å². The molecule has 0 fully saturated rings. The Bertz CT molecular complexity index is 484. The van der Waals surface area contributed by atoms with Crippen molar-refractivity contribution in [2.45, 2.75) is 13.3 Å². The molecule has 0 amide bonds. The molecule has 2 aromatic rings. The lowest BCUT2D eigenvalue weighted by Gasteiger charge is -2.03. The monoisotopic (exact) mass is 249 g/mol. The van der Waals surface area contributed by atoms with Gasteiger partial charge in [0.2, 0.25) is 5.13 Å². The molecular weight excluding hydrogens is 234 g/mol. The highest BCUT2D eigenvalue weighted by molar-refractivity contribution is 7.18. The van der Waals surface area contributed by atoms with E-state index in [1.807, 2.05) is 24.3 Å².